The first kappa shape index (κ1) is 23.1. The van der Waals surface area contributed by atoms with Crippen LogP contribution in [0.2, 0.25) is 0 Å². The zero-order valence-electron chi connectivity index (χ0n) is 15.3. The minimum Gasteiger partial charge on any atom is -0.371 e. The zero-order valence-corrected chi connectivity index (χ0v) is 17.0. The van der Waals surface area contributed by atoms with Crippen molar-refractivity contribution in [3.8, 4) is 0 Å². The number of nitrogens with one attached hydrogen (secondary N) is 1. The summed E-state index contributed by atoms with van der Waals surface area (Å²) in [6.45, 7) is 9.23. The summed E-state index contributed by atoms with van der Waals surface area (Å²) < 4.78 is 10.8. The van der Waals surface area contributed by atoms with Gasteiger partial charge in [-0.05, 0) is 33.2 Å². The van der Waals surface area contributed by atoms with Crippen molar-refractivity contribution in [2.45, 2.75) is 45.4 Å². The van der Waals surface area contributed by atoms with Gasteiger partial charge in [0, 0.05) is 32.8 Å². The van der Waals surface area contributed by atoms with Crippen LogP contribution < -0.4 is 5.32 Å². The lowest BCUT2D eigenvalue weighted by atomic mass is 10.2. The van der Waals surface area contributed by atoms with Crippen LogP contribution in [0, 0.1) is 0 Å². The first-order valence-corrected chi connectivity index (χ1v) is 8.86. The Morgan fingerprint density at radius 2 is 2.08 bits per heavy atom. The molecule has 0 bridgehead atoms. The molecule has 2 aliphatic rings. The number of rotatable bonds is 6. The second-order valence-electron chi connectivity index (χ2n) is 6.39. The zero-order chi connectivity index (χ0) is 16.9. The van der Waals surface area contributed by atoms with Crippen molar-refractivity contribution in [2.75, 3.05) is 39.3 Å². The Bertz CT molecular complexity index is 546. The van der Waals surface area contributed by atoms with Gasteiger partial charge in [-0.3, -0.25) is 9.69 Å². The van der Waals surface area contributed by atoms with E-state index < -0.39 is 0 Å². The van der Waals surface area contributed by atoms with Crippen molar-refractivity contribution in [1.82, 2.24) is 25.3 Å². The molecule has 1 aromatic rings. The van der Waals surface area contributed by atoms with Crippen molar-refractivity contribution >= 4 is 30.7 Å². The molecule has 1 N–H and O–H groups in total. The molecule has 10 heteroatoms. The second-order valence-corrected chi connectivity index (χ2v) is 6.39. The van der Waals surface area contributed by atoms with E-state index in [2.05, 4.69) is 20.4 Å². The van der Waals surface area contributed by atoms with E-state index in [0.29, 0.717) is 24.9 Å². The Morgan fingerprint density at radius 3 is 2.69 bits per heavy atom. The van der Waals surface area contributed by atoms with Crippen LogP contribution in [0.15, 0.2) is 4.52 Å². The molecule has 0 aromatic carbocycles. The minimum atomic E-state index is -0.152. The first-order valence-electron chi connectivity index (χ1n) is 8.86. The summed E-state index contributed by atoms with van der Waals surface area (Å²) in [5, 5.41) is 7.26. The highest BCUT2D eigenvalue weighted by molar-refractivity contribution is 5.85. The molecule has 2 fully saturated rings. The summed E-state index contributed by atoms with van der Waals surface area (Å²) in [6.07, 6.45) is 1.90. The van der Waals surface area contributed by atoms with Gasteiger partial charge in [-0.2, -0.15) is 4.98 Å². The number of halogens is 2. The molecule has 150 valence electrons. The highest BCUT2D eigenvalue weighted by Crippen LogP contribution is 2.15. The third-order valence-electron chi connectivity index (χ3n) is 4.67. The standard InChI is InChI=1S/C16H27N5O3.2ClH/c1-3-23-12(2)15-18-14(24-19-15)11-20-7-9-21(10-8-20)16(22)13-5-4-6-17-13;;/h12-13,17H,3-11H2,1-2H3;2*1H/t12?,13-;;/m0../s1. The lowest BCUT2D eigenvalue weighted by molar-refractivity contribution is -0.134. The third-order valence-corrected chi connectivity index (χ3v) is 4.67. The van der Waals surface area contributed by atoms with Gasteiger partial charge in [0.15, 0.2) is 5.82 Å². The van der Waals surface area contributed by atoms with E-state index in [1.807, 2.05) is 18.7 Å². The van der Waals surface area contributed by atoms with Crippen LogP contribution >= 0.6 is 24.8 Å². The monoisotopic (exact) mass is 409 g/mol. The molecule has 0 spiro atoms. The molecule has 0 radical (unpaired) electrons. The fraction of sp³-hybridized carbons (Fsp3) is 0.812. The Labute approximate surface area is 166 Å². The Hall–Kier alpha value is -0.930. The maximum absolute atomic E-state index is 12.4. The van der Waals surface area contributed by atoms with Gasteiger partial charge in [0.2, 0.25) is 11.8 Å². The van der Waals surface area contributed by atoms with Crippen LogP contribution in [-0.4, -0.2) is 71.2 Å². The molecule has 3 heterocycles. The minimum absolute atomic E-state index is 0. The highest BCUT2D eigenvalue weighted by atomic mass is 35.5. The second kappa shape index (κ2) is 11.0. The van der Waals surface area contributed by atoms with Gasteiger partial charge >= 0.3 is 0 Å². The summed E-state index contributed by atoms with van der Waals surface area (Å²) in [4.78, 5) is 21.0. The van der Waals surface area contributed by atoms with E-state index >= 15 is 0 Å². The van der Waals surface area contributed by atoms with E-state index in [0.717, 1.165) is 45.6 Å². The number of ether oxygens (including phenoxy) is 1. The van der Waals surface area contributed by atoms with Crippen LogP contribution in [-0.2, 0) is 16.1 Å². The topological polar surface area (TPSA) is 83.7 Å². The normalized spacial score (nSPS) is 21.8. The van der Waals surface area contributed by atoms with Crippen molar-refractivity contribution in [1.29, 1.82) is 0 Å². The summed E-state index contributed by atoms with van der Waals surface area (Å²) in [5.74, 6) is 1.44. The van der Waals surface area contributed by atoms with Gasteiger partial charge in [-0.1, -0.05) is 5.16 Å². The summed E-state index contributed by atoms with van der Waals surface area (Å²) in [7, 11) is 0. The average molecular weight is 410 g/mol. The summed E-state index contributed by atoms with van der Waals surface area (Å²) in [6, 6.07) is 0.0232. The number of hydrogen-bond donors (Lipinski definition) is 1. The Morgan fingerprint density at radius 1 is 1.35 bits per heavy atom. The van der Waals surface area contributed by atoms with Gasteiger partial charge in [-0.15, -0.1) is 24.8 Å². The third kappa shape index (κ3) is 5.79. The molecule has 2 saturated heterocycles. The molecule has 1 unspecified atom stereocenters. The number of piperazine rings is 1. The van der Waals surface area contributed by atoms with Crippen LogP contribution in [0.5, 0.6) is 0 Å². The van der Waals surface area contributed by atoms with E-state index in [1.54, 1.807) is 0 Å². The average Bonchev–Trinajstić information content (AvgIpc) is 3.27. The van der Waals surface area contributed by atoms with E-state index in [4.69, 9.17) is 9.26 Å². The summed E-state index contributed by atoms with van der Waals surface area (Å²) >= 11 is 0. The number of aromatic nitrogens is 2. The number of carbonyl (C=O) groups is 1. The number of amides is 1. The summed E-state index contributed by atoms with van der Waals surface area (Å²) in [5.41, 5.74) is 0. The Kier molecular flexibility index (Phi) is 9.81. The molecular weight excluding hydrogens is 381 g/mol. The molecule has 8 nitrogen and oxygen atoms in total. The number of nitrogens with zero attached hydrogens (tertiary/aromatic N) is 4. The fourth-order valence-corrected chi connectivity index (χ4v) is 3.26. The molecule has 0 saturated carbocycles. The molecule has 2 atom stereocenters. The predicted octanol–water partition coefficient (Wildman–Crippen LogP) is 1.41. The highest BCUT2D eigenvalue weighted by Gasteiger charge is 2.29. The van der Waals surface area contributed by atoms with E-state index in [1.165, 1.54) is 0 Å². The molecule has 2 aliphatic heterocycles. The molecule has 3 rings (SSSR count). The van der Waals surface area contributed by atoms with Gasteiger partial charge in [0.25, 0.3) is 0 Å². The number of hydrogen-bond acceptors (Lipinski definition) is 7. The lowest BCUT2D eigenvalue weighted by Gasteiger charge is -2.35. The molecule has 0 aliphatic carbocycles. The SMILES string of the molecule is CCOC(C)c1noc(CN2CCN(C(=O)[C@@H]3CCCN3)CC2)n1.Cl.Cl. The van der Waals surface area contributed by atoms with Gasteiger partial charge in [-0.25, -0.2) is 0 Å². The van der Waals surface area contributed by atoms with E-state index in [9.17, 15) is 4.79 Å². The molecule has 1 amide bonds. The van der Waals surface area contributed by atoms with Crippen LogP contribution in [0.25, 0.3) is 0 Å². The maximum atomic E-state index is 12.4. The van der Waals surface area contributed by atoms with Crippen molar-refractivity contribution in [3.63, 3.8) is 0 Å². The lowest BCUT2D eigenvalue weighted by Crippen LogP contribution is -2.52. The van der Waals surface area contributed by atoms with Crippen molar-refractivity contribution in [2.24, 2.45) is 0 Å². The predicted molar refractivity (Wildman–Crippen MR) is 102 cm³/mol. The maximum Gasteiger partial charge on any atom is 0.240 e. The quantitative estimate of drug-likeness (QED) is 0.759. The number of carbonyl (C=O) groups excluding carboxylic acids is 1. The van der Waals surface area contributed by atoms with Crippen LogP contribution in [0.1, 0.15) is 44.5 Å². The van der Waals surface area contributed by atoms with Gasteiger partial charge < -0.3 is 19.5 Å². The van der Waals surface area contributed by atoms with Crippen molar-refractivity contribution < 1.29 is 14.1 Å². The fourth-order valence-electron chi connectivity index (χ4n) is 3.26. The molecule has 1 aromatic heterocycles. The largest absolute Gasteiger partial charge is 0.371 e. The van der Waals surface area contributed by atoms with Gasteiger partial charge in [0.05, 0.1) is 12.6 Å². The van der Waals surface area contributed by atoms with Crippen LogP contribution in [0.3, 0.4) is 0 Å². The van der Waals surface area contributed by atoms with Crippen molar-refractivity contribution in [3.05, 3.63) is 11.7 Å². The van der Waals surface area contributed by atoms with Crippen LogP contribution in [0.4, 0.5) is 0 Å². The molecule has 26 heavy (non-hydrogen) atoms. The van der Waals surface area contributed by atoms with E-state index in [-0.39, 0.29) is 42.9 Å². The molecular formula is C16H29Cl2N5O3. The smallest absolute Gasteiger partial charge is 0.240 e. The Balaban J connectivity index is 0.00000169. The van der Waals surface area contributed by atoms with Gasteiger partial charge in [0.1, 0.15) is 6.10 Å². The first-order chi connectivity index (χ1) is 11.7.